The van der Waals surface area contributed by atoms with Gasteiger partial charge in [0.1, 0.15) is 0 Å². The van der Waals surface area contributed by atoms with E-state index in [-0.39, 0.29) is 5.91 Å². The van der Waals surface area contributed by atoms with E-state index in [4.69, 9.17) is 0 Å². The number of carbonyl (C=O) groups excluding carboxylic acids is 1. The third-order valence-electron chi connectivity index (χ3n) is 3.62. The normalized spacial score (nSPS) is 12.0. The molecule has 1 aromatic rings. The number of carbonyl (C=O) groups is 1. The molecule has 112 valence electrons. The van der Waals surface area contributed by atoms with Crippen molar-refractivity contribution in [3.8, 4) is 0 Å². The number of rotatable bonds is 8. The summed E-state index contributed by atoms with van der Waals surface area (Å²) in [5, 5.41) is 6.19. The van der Waals surface area contributed by atoms with Crippen LogP contribution in [0.1, 0.15) is 61.9 Å². The van der Waals surface area contributed by atoms with E-state index in [9.17, 15) is 4.79 Å². The average molecular weight is 276 g/mol. The van der Waals surface area contributed by atoms with Gasteiger partial charge in [0.05, 0.1) is 0 Å². The maximum absolute atomic E-state index is 11.7. The third-order valence-corrected chi connectivity index (χ3v) is 3.62. The molecule has 0 heterocycles. The summed E-state index contributed by atoms with van der Waals surface area (Å²) in [6.45, 7) is 6.51. The van der Waals surface area contributed by atoms with E-state index in [0.29, 0.717) is 11.6 Å². The zero-order valence-corrected chi connectivity index (χ0v) is 13.3. The zero-order chi connectivity index (χ0) is 15.0. The number of hydrogen-bond acceptors (Lipinski definition) is 2. The largest absolute Gasteiger partial charge is 0.382 e. The molecule has 0 saturated heterocycles. The van der Waals surface area contributed by atoms with Gasteiger partial charge >= 0.3 is 0 Å². The van der Waals surface area contributed by atoms with Gasteiger partial charge in [-0.2, -0.15) is 0 Å². The Morgan fingerprint density at radius 2 is 2.00 bits per heavy atom. The highest BCUT2D eigenvalue weighted by Gasteiger charge is 2.08. The van der Waals surface area contributed by atoms with Crippen LogP contribution in [0.2, 0.25) is 0 Å². The lowest BCUT2D eigenvalue weighted by Crippen LogP contribution is -2.19. The standard InChI is InChI=1S/C17H28N2O/c1-5-6-7-8-9-14(3)19-16-12-15(17(20)18-4)11-10-13(16)2/h10-12,14,19H,5-9H2,1-4H3,(H,18,20). The highest BCUT2D eigenvalue weighted by atomic mass is 16.1. The van der Waals surface area contributed by atoms with Gasteiger partial charge in [-0.05, 0) is 38.0 Å². The summed E-state index contributed by atoms with van der Waals surface area (Å²) < 4.78 is 0. The fourth-order valence-corrected chi connectivity index (χ4v) is 2.28. The second kappa shape index (κ2) is 8.62. The Hall–Kier alpha value is -1.51. The molecule has 1 amide bonds. The van der Waals surface area contributed by atoms with Crippen LogP contribution in [-0.4, -0.2) is 19.0 Å². The Morgan fingerprint density at radius 3 is 2.65 bits per heavy atom. The van der Waals surface area contributed by atoms with Crippen LogP contribution in [0.3, 0.4) is 0 Å². The summed E-state index contributed by atoms with van der Waals surface area (Å²) in [6.07, 6.45) is 6.33. The Morgan fingerprint density at radius 1 is 1.25 bits per heavy atom. The van der Waals surface area contributed by atoms with Gasteiger partial charge in [-0.3, -0.25) is 4.79 Å². The second-order valence-corrected chi connectivity index (χ2v) is 5.50. The number of benzene rings is 1. The third kappa shape index (κ3) is 5.24. The summed E-state index contributed by atoms with van der Waals surface area (Å²) in [4.78, 5) is 11.7. The Labute approximate surface area is 123 Å². The summed E-state index contributed by atoms with van der Waals surface area (Å²) in [5.74, 6) is -0.0383. The molecule has 3 nitrogen and oxygen atoms in total. The first-order valence-electron chi connectivity index (χ1n) is 7.67. The van der Waals surface area contributed by atoms with E-state index in [1.165, 1.54) is 37.7 Å². The SMILES string of the molecule is CCCCCCC(C)Nc1cc(C(=O)NC)ccc1C. The van der Waals surface area contributed by atoms with Gasteiger partial charge < -0.3 is 10.6 Å². The van der Waals surface area contributed by atoms with Crippen LogP contribution in [0.4, 0.5) is 5.69 Å². The highest BCUT2D eigenvalue weighted by molar-refractivity contribution is 5.95. The molecule has 0 fully saturated rings. The molecule has 1 aromatic carbocycles. The van der Waals surface area contributed by atoms with Crippen LogP contribution in [0.25, 0.3) is 0 Å². The first-order chi connectivity index (χ1) is 9.58. The van der Waals surface area contributed by atoms with Crippen molar-refractivity contribution in [2.24, 2.45) is 0 Å². The molecule has 0 aliphatic rings. The fourth-order valence-electron chi connectivity index (χ4n) is 2.28. The first kappa shape index (κ1) is 16.5. The van der Waals surface area contributed by atoms with Gasteiger partial charge in [-0.25, -0.2) is 0 Å². The van der Waals surface area contributed by atoms with Crippen LogP contribution in [-0.2, 0) is 0 Å². The Kier molecular flexibility index (Phi) is 7.13. The van der Waals surface area contributed by atoms with E-state index < -0.39 is 0 Å². The molecule has 20 heavy (non-hydrogen) atoms. The molecular formula is C17H28N2O. The van der Waals surface area contributed by atoms with Crippen molar-refractivity contribution < 1.29 is 4.79 Å². The number of nitrogens with one attached hydrogen (secondary N) is 2. The van der Waals surface area contributed by atoms with E-state index >= 15 is 0 Å². The lowest BCUT2D eigenvalue weighted by Gasteiger charge is -2.17. The average Bonchev–Trinajstić information content (AvgIpc) is 2.45. The number of unbranched alkanes of at least 4 members (excludes halogenated alkanes) is 3. The second-order valence-electron chi connectivity index (χ2n) is 5.50. The Balaban J connectivity index is 2.59. The van der Waals surface area contributed by atoms with Crippen LogP contribution >= 0.6 is 0 Å². The maximum Gasteiger partial charge on any atom is 0.251 e. The Bertz CT molecular complexity index is 429. The van der Waals surface area contributed by atoms with E-state index in [1.807, 2.05) is 18.2 Å². The van der Waals surface area contributed by atoms with Gasteiger partial charge in [0.2, 0.25) is 0 Å². The molecule has 3 heteroatoms. The molecule has 0 bridgehead atoms. The lowest BCUT2D eigenvalue weighted by molar-refractivity contribution is 0.0963. The molecule has 0 radical (unpaired) electrons. The van der Waals surface area contributed by atoms with Crippen molar-refractivity contribution in [3.63, 3.8) is 0 Å². The molecular weight excluding hydrogens is 248 g/mol. The topological polar surface area (TPSA) is 41.1 Å². The van der Waals surface area contributed by atoms with Crippen molar-refractivity contribution in [1.82, 2.24) is 5.32 Å². The van der Waals surface area contributed by atoms with E-state index in [2.05, 4.69) is 31.4 Å². The minimum Gasteiger partial charge on any atom is -0.382 e. The van der Waals surface area contributed by atoms with Crippen LogP contribution in [0.15, 0.2) is 18.2 Å². The predicted octanol–water partition coefficient (Wildman–Crippen LogP) is 4.13. The molecule has 2 N–H and O–H groups in total. The summed E-state index contributed by atoms with van der Waals surface area (Å²) in [7, 11) is 1.66. The van der Waals surface area contributed by atoms with Crippen molar-refractivity contribution in [2.75, 3.05) is 12.4 Å². The first-order valence-corrected chi connectivity index (χ1v) is 7.67. The molecule has 0 aliphatic carbocycles. The number of aryl methyl sites for hydroxylation is 1. The van der Waals surface area contributed by atoms with Crippen molar-refractivity contribution in [1.29, 1.82) is 0 Å². The van der Waals surface area contributed by atoms with Gasteiger partial charge in [0.25, 0.3) is 5.91 Å². The summed E-state index contributed by atoms with van der Waals surface area (Å²) in [6, 6.07) is 6.24. The van der Waals surface area contributed by atoms with Crippen molar-refractivity contribution in [2.45, 2.75) is 58.9 Å². The van der Waals surface area contributed by atoms with Crippen LogP contribution in [0.5, 0.6) is 0 Å². The van der Waals surface area contributed by atoms with Gasteiger partial charge in [-0.15, -0.1) is 0 Å². The molecule has 0 aromatic heterocycles. The minimum atomic E-state index is -0.0383. The van der Waals surface area contributed by atoms with E-state index in [0.717, 1.165) is 5.69 Å². The fraction of sp³-hybridized carbons (Fsp3) is 0.588. The van der Waals surface area contributed by atoms with Crippen molar-refractivity contribution >= 4 is 11.6 Å². The summed E-state index contributed by atoms with van der Waals surface area (Å²) >= 11 is 0. The summed E-state index contributed by atoms with van der Waals surface area (Å²) in [5.41, 5.74) is 2.95. The van der Waals surface area contributed by atoms with Gasteiger partial charge in [0.15, 0.2) is 0 Å². The monoisotopic (exact) mass is 276 g/mol. The zero-order valence-electron chi connectivity index (χ0n) is 13.3. The molecule has 0 aliphatic heterocycles. The molecule has 1 atom stereocenters. The molecule has 0 spiro atoms. The number of hydrogen-bond donors (Lipinski definition) is 2. The highest BCUT2D eigenvalue weighted by Crippen LogP contribution is 2.19. The van der Waals surface area contributed by atoms with E-state index in [1.54, 1.807) is 7.05 Å². The van der Waals surface area contributed by atoms with Crippen LogP contribution < -0.4 is 10.6 Å². The van der Waals surface area contributed by atoms with Gasteiger partial charge in [-0.1, -0.05) is 38.7 Å². The number of anilines is 1. The molecule has 1 unspecified atom stereocenters. The van der Waals surface area contributed by atoms with Crippen molar-refractivity contribution in [3.05, 3.63) is 29.3 Å². The number of amides is 1. The minimum absolute atomic E-state index is 0.0383. The predicted molar refractivity (Wildman–Crippen MR) is 86.4 cm³/mol. The lowest BCUT2D eigenvalue weighted by atomic mass is 10.1. The smallest absolute Gasteiger partial charge is 0.251 e. The van der Waals surface area contributed by atoms with Gasteiger partial charge in [0, 0.05) is 24.3 Å². The maximum atomic E-state index is 11.7. The molecule has 0 saturated carbocycles. The van der Waals surface area contributed by atoms with Crippen LogP contribution in [0, 0.1) is 6.92 Å². The quantitative estimate of drug-likeness (QED) is 0.701. The molecule has 1 rings (SSSR count).